The van der Waals surface area contributed by atoms with Crippen molar-refractivity contribution < 1.29 is 27.2 Å². The van der Waals surface area contributed by atoms with Crippen LogP contribution in [-0.2, 0) is 24.4 Å². The molecule has 0 atom stereocenters. The molecule has 9 heavy (non-hydrogen) atoms. The number of hydrogen-bond acceptors (Lipinski definition) is 6. The molecule has 0 radical (unpaired) electrons. The van der Waals surface area contributed by atoms with Gasteiger partial charge in [-0.3, -0.25) is 4.55 Å². The summed E-state index contributed by atoms with van der Waals surface area (Å²) in [5, 5.41) is 3.53. The minimum atomic E-state index is -4.16. The number of thiol groups is 1. The van der Waals surface area contributed by atoms with E-state index in [0.717, 1.165) is 0 Å². The number of hydrogen-bond donors (Lipinski definition) is 2. The lowest BCUT2D eigenvalue weighted by Gasteiger charge is -1.93. The third-order valence-corrected chi connectivity index (χ3v) is 0.731. The second-order valence-corrected chi connectivity index (χ2v) is 2.51. The SMILES string of the molecule is O=S(=O)(O)COOOS. The molecule has 0 unspecified atom stereocenters. The van der Waals surface area contributed by atoms with Crippen molar-refractivity contribution in [2.24, 2.45) is 0 Å². The van der Waals surface area contributed by atoms with Gasteiger partial charge in [0, 0.05) is 12.9 Å². The highest BCUT2D eigenvalue weighted by molar-refractivity contribution is 7.85. The Labute approximate surface area is 56.9 Å². The van der Waals surface area contributed by atoms with Crippen LogP contribution in [0.3, 0.4) is 0 Å². The molecule has 0 amide bonds. The van der Waals surface area contributed by atoms with Crippen LogP contribution in [0.5, 0.6) is 0 Å². The Morgan fingerprint density at radius 3 is 2.44 bits per heavy atom. The number of rotatable bonds is 4. The van der Waals surface area contributed by atoms with Crippen LogP contribution in [0.15, 0.2) is 0 Å². The average molecular weight is 176 g/mol. The predicted molar refractivity (Wildman–Crippen MR) is 28.7 cm³/mol. The molecule has 0 aliphatic heterocycles. The van der Waals surface area contributed by atoms with Crippen molar-refractivity contribution in [3.63, 3.8) is 0 Å². The van der Waals surface area contributed by atoms with E-state index in [4.69, 9.17) is 4.55 Å². The third-order valence-electron chi connectivity index (χ3n) is 0.276. The van der Waals surface area contributed by atoms with Crippen LogP contribution in [0.2, 0.25) is 0 Å². The molecule has 0 aromatic heterocycles. The predicted octanol–water partition coefficient (Wildman–Crippen LogP) is -0.444. The van der Waals surface area contributed by atoms with Crippen molar-refractivity contribution in [3.05, 3.63) is 0 Å². The maximum absolute atomic E-state index is 9.78. The Balaban J connectivity index is 3.30. The summed E-state index contributed by atoms with van der Waals surface area (Å²) in [7, 11) is -4.16. The molecule has 0 spiro atoms. The van der Waals surface area contributed by atoms with E-state index in [1.807, 2.05) is 0 Å². The van der Waals surface area contributed by atoms with Crippen LogP contribution in [0.4, 0.5) is 0 Å². The van der Waals surface area contributed by atoms with Gasteiger partial charge >= 0.3 is 0 Å². The highest BCUT2D eigenvalue weighted by atomic mass is 32.2. The standard InChI is InChI=1S/CH4O6S2/c2-9(3,4)1-5-6-7-8/h8H,1H2,(H,2,3,4). The fraction of sp³-hybridized carbons (Fsp3) is 1.00. The van der Waals surface area contributed by atoms with Crippen molar-refractivity contribution in [2.75, 3.05) is 5.94 Å². The van der Waals surface area contributed by atoms with Crippen LogP contribution >= 0.6 is 12.9 Å². The normalized spacial score (nSPS) is 11.8. The monoisotopic (exact) mass is 176 g/mol. The van der Waals surface area contributed by atoms with Crippen molar-refractivity contribution in [1.82, 2.24) is 0 Å². The summed E-state index contributed by atoms with van der Waals surface area (Å²) in [6.07, 6.45) is 0. The fourth-order valence-electron chi connectivity index (χ4n) is 0.102. The second-order valence-electron chi connectivity index (χ2n) is 0.960. The molecule has 0 aromatic carbocycles. The van der Waals surface area contributed by atoms with Gasteiger partial charge in [0.15, 0.2) is 0 Å². The molecule has 0 aliphatic rings. The summed E-state index contributed by atoms with van der Waals surface area (Å²) in [6, 6.07) is 0. The first kappa shape index (κ1) is 9.14. The van der Waals surface area contributed by atoms with Crippen LogP contribution in [-0.4, -0.2) is 18.9 Å². The van der Waals surface area contributed by atoms with Crippen LogP contribution in [0.1, 0.15) is 0 Å². The van der Waals surface area contributed by atoms with Gasteiger partial charge in [0.25, 0.3) is 10.1 Å². The molecule has 56 valence electrons. The lowest BCUT2D eigenvalue weighted by Crippen LogP contribution is -2.07. The second kappa shape index (κ2) is 4.04. The van der Waals surface area contributed by atoms with Gasteiger partial charge in [0.05, 0.1) is 0 Å². The molecular formula is CH4O6S2. The van der Waals surface area contributed by atoms with E-state index >= 15 is 0 Å². The molecular weight excluding hydrogens is 172 g/mol. The summed E-state index contributed by atoms with van der Waals surface area (Å²) in [5.74, 6) is -0.993. The van der Waals surface area contributed by atoms with Gasteiger partial charge in [-0.25, -0.2) is 0 Å². The maximum Gasteiger partial charge on any atom is 0.292 e. The minimum Gasteiger partial charge on any atom is -0.284 e. The van der Waals surface area contributed by atoms with Gasteiger partial charge < -0.3 is 0 Å². The Bertz CT molecular complexity index is 146. The van der Waals surface area contributed by atoms with Crippen LogP contribution in [0, 0.1) is 0 Å². The molecule has 0 aliphatic carbocycles. The van der Waals surface area contributed by atoms with Crippen molar-refractivity contribution in [1.29, 1.82) is 0 Å². The summed E-state index contributed by atoms with van der Waals surface area (Å²) in [4.78, 5) is 3.71. The van der Waals surface area contributed by atoms with Gasteiger partial charge in [0.2, 0.25) is 5.94 Å². The van der Waals surface area contributed by atoms with Crippen LogP contribution < -0.4 is 0 Å². The first-order chi connectivity index (χ1) is 4.06. The summed E-state index contributed by atoms with van der Waals surface area (Å²) >= 11 is 3.03. The first-order valence-corrected chi connectivity index (χ1v) is 3.58. The lowest BCUT2D eigenvalue weighted by molar-refractivity contribution is -0.451. The fourth-order valence-corrected chi connectivity index (χ4v) is 0.306. The summed E-state index contributed by atoms with van der Waals surface area (Å²) < 4.78 is 31.0. The van der Waals surface area contributed by atoms with E-state index in [-0.39, 0.29) is 0 Å². The van der Waals surface area contributed by atoms with Crippen molar-refractivity contribution in [2.45, 2.75) is 0 Å². The Morgan fingerprint density at radius 2 is 2.11 bits per heavy atom. The smallest absolute Gasteiger partial charge is 0.284 e. The zero-order valence-corrected chi connectivity index (χ0v) is 5.76. The Kier molecular flexibility index (Phi) is 4.10. The van der Waals surface area contributed by atoms with E-state index in [2.05, 4.69) is 27.2 Å². The topological polar surface area (TPSA) is 82.1 Å². The van der Waals surface area contributed by atoms with E-state index in [0.29, 0.717) is 0 Å². The van der Waals surface area contributed by atoms with Gasteiger partial charge in [0.1, 0.15) is 0 Å². The molecule has 0 aromatic rings. The Hall–Kier alpha value is 0.140. The molecule has 6 nitrogen and oxygen atoms in total. The van der Waals surface area contributed by atoms with E-state index < -0.39 is 16.1 Å². The van der Waals surface area contributed by atoms with Gasteiger partial charge in [-0.05, 0) is 0 Å². The van der Waals surface area contributed by atoms with E-state index in [1.54, 1.807) is 0 Å². The van der Waals surface area contributed by atoms with Crippen molar-refractivity contribution in [3.8, 4) is 0 Å². The summed E-state index contributed by atoms with van der Waals surface area (Å²) in [5.41, 5.74) is 0. The molecule has 0 saturated heterocycles. The zero-order chi connectivity index (χ0) is 7.33. The minimum absolute atomic E-state index is 0.993. The van der Waals surface area contributed by atoms with Gasteiger partial charge in [-0.2, -0.15) is 13.3 Å². The zero-order valence-electron chi connectivity index (χ0n) is 4.05. The molecule has 0 saturated carbocycles. The molecule has 0 fully saturated rings. The van der Waals surface area contributed by atoms with Gasteiger partial charge in [-0.1, -0.05) is 5.04 Å². The van der Waals surface area contributed by atoms with Gasteiger partial charge in [-0.15, -0.1) is 4.33 Å². The molecule has 8 heteroatoms. The van der Waals surface area contributed by atoms with Crippen LogP contribution in [0.25, 0.3) is 0 Å². The quantitative estimate of drug-likeness (QED) is 0.151. The highest BCUT2D eigenvalue weighted by Gasteiger charge is 2.03. The molecule has 0 heterocycles. The van der Waals surface area contributed by atoms with E-state index in [1.165, 1.54) is 0 Å². The largest absolute Gasteiger partial charge is 0.292 e. The average Bonchev–Trinajstić information content (AvgIpc) is 1.63. The summed E-state index contributed by atoms with van der Waals surface area (Å²) in [6.45, 7) is 0. The highest BCUT2D eigenvalue weighted by Crippen LogP contribution is 1.87. The van der Waals surface area contributed by atoms with Crippen molar-refractivity contribution >= 4 is 23.0 Å². The first-order valence-electron chi connectivity index (χ1n) is 1.61. The molecule has 0 rings (SSSR count). The molecule has 1 N–H and O–H groups in total. The molecule has 0 bridgehead atoms. The lowest BCUT2D eigenvalue weighted by atomic mass is 11.7. The third kappa shape index (κ3) is 8.14. The van der Waals surface area contributed by atoms with E-state index in [9.17, 15) is 8.42 Å². The maximum atomic E-state index is 9.78. The Morgan fingerprint density at radius 1 is 1.56 bits per heavy atom.